The van der Waals surface area contributed by atoms with Crippen molar-refractivity contribution >= 4 is 37.5 Å². The Kier molecular flexibility index (Phi) is 3.38. The van der Waals surface area contributed by atoms with Crippen molar-refractivity contribution in [2.24, 2.45) is 0 Å². The number of aromatic amines is 1. The molecule has 1 N–H and O–H groups in total. The van der Waals surface area contributed by atoms with Crippen LogP contribution in [0, 0.1) is 0 Å². The van der Waals surface area contributed by atoms with Crippen LogP contribution in [0.4, 0.5) is 5.95 Å². The molecule has 2 rings (SSSR count). The molecule has 97 valence electrons. The van der Waals surface area contributed by atoms with Gasteiger partial charge < -0.3 is 9.55 Å². The zero-order valence-corrected chi connectivity index (χ0v) is 13.1. The zero-order chi connectivity index (χ0) is 13.5. The van der Waals surface area contributed by atoms with E-state index in [-0.39, 0.29) is 5.54 Å². The first-order valence-electron chi connectivity index (χ1n) is 5.91. The van der Waals surface area contributed by atoms with Gasteiger partial charge in [0.2, 0.25) is 5.95 Å². The second-order valence-corrected chi connectivity index (χ2v) is 8.21. The van der Waals surface area contributed by atoms with Gasteiger partial charge in [0.25, 0.3) is 0 Å². The van der Waals surface area contributed by atoms with Crippen LogP contribution in [0.1, 0.15) is 20.8 Å². The molecule has 0 fully saturated rings. The molecule has 0 aromatic carbocycles. The van der Waals surface area contributed by atoms with Gasteiger partial charge in [-0.2, -0.15) is 4.98 Å². The van der Waals surface area contributed by atoms with E-state index in [0.29, 0.717) is 11.1 Å². The Morgan fingerprint density at radius 1 is 1.28 bits per heavy atom. The van der Waals surface area contributed by atoms with Crippen LogP contribution in [0.2, 0.25) is 18.2 Å². The maximum atomic E-state index is 6.22. The van der Waals surface area contributed by atoms with Crippen LogP contribution >= 0.6 is 11.6 Å². The molecule has 0 aliphatic heterocycles. The van der Waals surface area contributed by atoms with Crippen molar-refractivity contribution in [1.29, 1.82) is 0 Å². The van der Waals surface area contributed by atoms with E-state index in [9.17, 15) is 0 Å². The number of hydrogen-bond donors (Lipinski definition) is 1. The average Bonchev–Trinajstić information content (AvgIpc) is 2.62. The van der Waals surface area contributed by atoms with Crippen LogP contribution in [0.15, 0.2) is 12.3 Å². The highest BCUT2D eigenvalue weighted by molar-refractivity contribution is 6.60. The lowest BCUT2D eigenvalue weighted by Gasteiger charge is -2.38. The Morgan fingerprint density at radius 2 is 1.94 bits per heavy atom. The van der Waals surface area contributed by atoms with Crippen LogP contribution in [0.3, 0.4) is 0 Å². The monoisotopic (exact) mass is 281 g/mol. The van der Waals surface area contributed by atoms with Crippen LogP contribution < -0.4 is 4.57 Å². The molecule has 0 spiro atoms. The Labute approximate surface area is 114 Å². The summed E-state index contributed by atoms with van der Waals surface area (Å²) in [6, 6.07) is 1.90. The highest BCUT2D eigenvalue weighted by Gasteiger charge is 2.28. The van der Waals surface area contributed by atoms with Gasteiger partial charge >= 0.3 is 0 Å². The molecule has 0 saturated heterocycles. The van der Waals surface area contributed by atoms with E-state index in [0.717, 1.165) is 11.0 Å². The van der Waals surface area contributed by atoms with Crippen LogP contribution in [0.5, 0.6) is 0 Å². The molecule has 2 heterocycles. The highest BCUT2D eigenvalue weighted by Crippen LogP contribution is 2.27. The molecular weight excluding hydrogens is 264 g/mol. The summed E-state index contributed by atoms with van der Waals surface area (Å²) in [6.07, 6.45) is 1.83. The molecule has 0 aliphatic carbocycles. The van der Waals surface area contributed by atoms with Crippen molar-refractivity contribution in [3.63, 3.8) is 0 Å². The van der Waals surface area contributed by atoms with Gasteiger partial charge in [0, 0.05) is 11.7 Å². The predicted molar refractivity (Wildman–Crippen MR) is 78.6 cm³/mol. The topological polar surface area (TPSA) is 44.8 Å². The number of fused-ring (bicyclic) bond motifs is 1. The van der Waals surface area contributed by atoms with E-state index >= 15 is 0 Å². The molecule has 2 aromatic rings. The number of aromatic nitrogens is 3. The minimum Gasteiger partial charge on any atom is -0.364 e. The Morgan fingerprint density at radius 3 is 2.50 bits per heavy atom. The molecule has 6 heteroatoms. The van der Waals surface area contributed by atoms with Gasteiger partial charge in [-0.3, -0.25) is 0 Å². The molecule has 0 saturated carbocycles. The molecule has 0 atom stereocenters. The number of nitrogens with zero attached hydrogens (tertiary/aromatic N) is 3. The first kappa shape index (κ1) is 13.4. The maximum Gasteiger partial charge on any atom is 0.220 e. The van der Waals surface area contributed by atoms with Crippen LogP contribution in [-0.4, -0.2) is 29.4 Å². The number of anilines is 1. The molecule has 0 bridgehead atoms. The molecule has 0 aliphatic rings. The number of nitrogens with one attached hydrogen (secondary N) is 1. The Balaban J connectivity index is 2.57. The van der Waals surface area contributed by atoms with E-state index in [2.05, 4.69) is 53.4 Å². The van der Waals surface area contributed by atoms with Gasteiger partial charge in [-0.05, 0) is 26.8 Å². The largest absolute Gasteiger partial charge is 0.364 e. The lowest BCUT2D eigenvalue weighted by atomic mass is 10.1. The number of halogens is 1. The first-order chi connectivity index (χ1) is 8.30. The van der Waals surface area contributed by atoms with Gasteiger partial charge in [0.05, 0.1) is 5.39 Å². The van der Waals surface area contributed by atoms with Crippen LogP contribution in [0.25, 0.3) is 11.0 Å². The Hall–Kier alpha value is -1.07. The molecule has 4 nitrogen and oxygen atoms in total. The minimum atomic E-state index is -0.714. The number of rotatable bonds is 2. The summed E-state index contributed by atoms with van der Waals surface area (Å²) in [4.78, 5) is 12.1. The van der Waals surface area contributed by atoms with Crippen molar-refractivity contribution in [3.8, 4) is 0 Å². The first-order valence-corrected chi connectivity index (χ1v) is 8.74. The molecule has 18 heavy (non-hydrogen) atoms. The summed E-state index contributed by atoms with van der Waals surface area (Å²) in [5.41, 5.74) is 0.781. The van der Waals surface area contributed by atoms with Gasteiger partial charge in [-0.1, -0.05) is 24.7 Å². The van der Waals surface area contributed by atoms with E-state index < -0.39 is 8.96 Å². The summed E-state index contributed by atoms with van der Waals surface area (Å²) >= 11 is 6.22. The molecule has 0 unspecified atom stereocenters. The van der Waals surface area contributed by atoms with Gasteiger partial charge in [-0.25, -0.2) is 4.98 Å². The zero-order valence-electron chi connectivity index (χ0n) is 11.4. The highest BCUT2D eigenvalue weighted by atomic mass is 35.5. The summed E-state index contributed by atoms with van der Waals surface area (Å²) < 4.78 is 2.27. The lowest BCUT2D eigenvalue weighted by Crippen LogP contribution is -2.49. The van der Waals surface area contributed by atoms with Gasteiger partial charge in [0.1, 0.15) is 10.8 Å². The van der Waals surface area contributed by atoms with Gasteiger partial charge in [-0.15, -0.1) is 0 Å². The predicted octanol–water partition coefficient (Wildman–Crippen LogP) is 3.47. The number of hydrogen-bond acceptors (Lipinski definition) is 3. The SMILES string of the molecule is C[Si](C)N(c1nc(Cl)c2cc[nH]c2n1)C(C)(C)C. The quantitative estimate of drug-likeness (QED) is 0.677. The van der Waals surface area contributed by atoms with Crippen molar-refractivity contribution in [3.05, 3.63) is 17.4 Å². The standard InChI is InChI=1S/C12H18ClN4Si/c1-12(2,3)17(18(4)5)11-15-9(13)8-6-7-14-10(8)16-11/h6-7H,1-5H3,(H,14,15,16). The normalized spacial score (nSPS) is 12.4. The van der Waals surface area contributed by atoms with Crippen molar-refractivity contribution in [1.82, 2.24) is 15.0 Å². The van der Waals surface area contributed by atoms with Crippen molar-refractivity contribution < 1.29 is 0 Å². The molecule has 2 aromatic heterocycles. The summed E-state index contributed by atoms with van der Waals surface area (Å²) in [5.74, 6) is 0.710. The van der Waals surface area contributed by atoms with E-state index in [1.54, 1.807) is 0 Å². The minimum absolute atomic E-state index is 0.0125. The van der Waals surface area contributed by atoms with E-state index in [1.165, 1.54) is 0 Å². The summed E-state index contributed by atoms with van der Waals surface area (Å²) in [6.45, 7) is 11.0. The second-order valence-electron chi connectivity index (χ2n) is 5.51. The molecule has 1 radical (unpaired) electrons. The fraction of sp³-hybridized carbons (Fsp3) is 0.500. The smallest absolute Gasteiger partial charge is 0.220 e. The van der Waals surface area contributed by atoms with E-state index in [1.807, 2.05) is 12.3 Å². The van der Waals surface area contributed by atoms with E-state index in [4.69, 9.17) is 11.6 Å². The third kappa shape index (κ3) is 2.37. The van der Waals surface area contributed by atoms with Crippen molar-refractivity contribution in [2.75, 3.05) is 4.57 Å². The fourth-order valence-electron chi connectivity index (χ4n) is 2.16. The third-order valence-corrected chi connectivity index (χ3v) is 4.73. The number of H-pyrrole nitrogens is 1. The lowest BCUT2D eigenvalue weighted by molar-refractivity contribution is 0.568. The Bertz CT molecular complexity index is 559. The third-order valence-electron chi connectivity index (χ3n) is 2.68. The molecular formula is C12H18ClN4Si. The van der Waals surface area contributed by atoms with Crippen molar-refractivity contribution in [2.45, 2.75) is 39.4 Å². The maximum absolute atomic E-state index is 6.22. The summed E-state index contributed by atoms with van der Waals surface area (Å²) in [7, 11) is -0.714. The van der Waals surface area contributed by atoms with Crippen LogP contribution in [-0.2, 0) is 0 Å². The second kappa shape index (κ2) is 4.55. The summed E-state index contributed by atoms with van der Waals surface area (Å²) in [5, 5.41) is 1.38. The average molecular weight is 282 g/mol. The fourth-order valence-corrected chi connectivity index (χ4v) is 4.23. The van der Waals surface area contributed by atoms with Gasteiger partial charge in [0.15, 0.2) is 8.96 Å². The molecule has 0 amide bonds.